The second-order valence-corrected chi connectivity index (χ2v) is 7.06. The fourth-order valence-corrected chi connectivity index (χ4v) is 4.01. The number of nitrogens with two attached hydrogens (primary N) is 1. The first-order chi connectivity index (χ1) is 11.7. The summed E-state index contributed by atoms with van der Waals surface area (Å²) in [5.41, 5.74) is 5.98. The van der Waals surface area contributed by atoms with E-state index in [0.717, 1.165) is 24.3 Å². The summed E-state index contributed by atoms with van der Waals surface area (Å²) in [6.07, 6.45) is 3.30. The number of thiazole rings is 1. The molecule has 0 bridgehead atoms. The predicted molar refractivity (Wildman–Crippen MR) is 98.2 cm³/mol. The van der Waals surface area contributed by atoms with E-state index in [0.29, 0.717) is 51.5 Å². The fourth-order valence-electron chi connectivity index (χ4n) is 3.22. The number of aromatic nitrogens is 1. The second-order valence-electron chi connectivity index (χ2n) is 6.11. The fraction of sp³-hybridized carbons (Fsp3) is 0.688. The average molecular weight is 389 g/mol. The minimum Gasteiger partial charge on any atom is -0.378 e. The van der Waals surface area contributed by atoms with Crippen molar-refractivity contribution < 1.29 is 14.3 Å². The SMILES string of the molecule is Cl.NCCc1nc(C(=O)N2CCCCC2C(=O)N2CCOCC2)cs1. The van der Waals surface area contributed by atoms with Crippen molar-refractivity contribution in [2.75, 3.05) is 39.4 Å². The van der Waals surface area contributed by atoms with Crippen molar-refractivity contribution in [3.05, 3.63) is 16.1 Å². The third-order valence-electron chi connectivity index (χ3n) is 4.50. The molecule has 1 aromatic rings. The molecule has 0 spiro atoms. The van der Waals surface area contributed by atoms with E-state index in [-0.39, 0.29) is 30.3 Å². The minimum absolute atomic E-state index is 0. The Morgan fingerprint density at radius 3 is 2.76 bits per heavy atom. The molecular weight excluding hydrogens is 364 g/mol. The summed E-state index contributed by atoms with van der Waals surface area (Å²) < 4.78 is 5.31. The molecule has 2 N–H and O–H groups in total. The first kappa shape index (κ1) is 20.1. The molecule has 2 amide bonds. The van der Waals surface area contributed by atoms with Crippen LogP contribution in [-0.2, 0) is 16.0 Å². The highest BCUT2D eigenvalue weighted by Gasteiger charge is 2.36. The molecule has 2 saturated heterocycles. The number of hydrogen-bond donors (Lipinski definition) is 1. The summed E-state index contributed by atoms with van der Waals surface area (Å²) in [6.45, 7) is 3.48. The number of carbonyl (C=O) groups is 2. The molecule has 0 aromatic carbocycles. The Kier molecular flexibility index (Phi) is 7.61. The van der Waals surface area contributed by atoms with E-state index >= 15 is 0 Å². The molecule has 3 rings (SSSR count). The monoisotopic (exact) mass is 388 g/mol. The molecule has 7 nitrogen and oxygen atoms in total. The van der Waals surface area contributed by atoms with E-state index in [1.54, 1.807) is 10.3 Å². The van der Waals surface area contributed by atoms with Gasteiger partial charge in [0, 0.05) is 31.4 Å². The minimum atomic E-state index is -0.371. The lowest BCUT2D eigenvalue weighted by Crippen LogP contribution is -2.55. The van der Waals surface area contributed by atoms with E-state index in [9.17, 15) is 9.59 Å². The van der Waals surface area contributed by atoms with Gasteiger partial charge in [-0.3, -0.25) is 9.59 Å². The molecule has 2 aliphatic heterocycles. The van der Waals surface area contributed by atoms with E-state index < -0.39 is 0 Å². The van der Waals surface area contributed by atoms with Crippen molar-refractivity contribution in [1.29, 1.82) is 0 Å². The summed E-state index contributed by atoms with van der Waals surface area (Å²) in [4.78, 5) is 33.6. The average Bonchev–Trinajstić information content (AvgIpc) is 3.10. The van der Waals surface area contributed by atoms with E-state index in [4.69, 9.17) is 10.5 Å². The molecule has 3 heterocycles. The number of amides is 2. The predicted octanol–water partition coefficient (Wildman–Crippen LogP) is 0.920. The number of hydrogen-bond acceptors (Lipinski definition) is 6. The zero-order valence-corrected chi connectivity index (χ0v) is 15.8. The van der Waals surface area contributed by atoms with Gasteiger partial charge in [-0.1, -0.05) is 0 Å². The molecule has 0 radical (unpaired) electrons. The third kappa shape index (κ3) is 4.69. The lowest BCUT2D eigenvalue weighted by molar-refractivity contribution is -0.141. The van der Waals surface area contributed by atoms with Gasteiger partial charge in [-0.15, -0.1) is 23.7 Å². The summed E-state index contributed by atoms with van der Waals surface area (Å²) in [6, 6.07) is -0.371. The van der Waals surface area contributed by atoms with Gasteiger partial charge in [-0.25, -0.2) is 4.98 Å². The molecule has 2 fully saturated rings. The van der Waals surface area contributed by atoms with Crippen LogP contribution in [0.5, 0.6) is 0 Å². The number of nitrogens with zero attached hydrogens (tertiary/aromatic N) is 3. The van der Waals surface area contributed by atoms with Crippen LogP contribution in [0.4, 0.5) is 0 Å². The van der Waals surface area contributed by atoms with Crippen molar-refractivity contribution in [2.45, 2.75) is 31.7 Å². The number of halogens is 1. The second kappa shape index (κ2) is 9.47. The summed E-state index contributed by atoms with van der Waals surface area (Å²) in [7, 11) is 0. The van der Waals surface area contributed by atoms with Gasteiger partial charge in [-0.05, 0) is 25.8 Å². The van der Waals surface area contributed by atoms with Crippen molar-refractivity contribution in [1.82, 2.24) is 14.8 Å². The highest BCUT2D eigenvalue weighted by atomic mass is 35.5. The zero-order chi connectivity index (χ0) is 16.9. The topological polar surface area (TPSA) is 88.8 Å². The largest absolute Gasteiger partial charge is 0.378 e. The van der Waals surface area contributed by atoms with Crippen LogP contribution in [-0.4, -0.2) is 72.0 Å². The molecule has 0 saturated carbocycles. The quantitative estimate of drug-likeness (QED) is 0.828. The van der Waals surface area contributed by atoms with Crippen LogP contribution in [0, 0.1) is 0 Å². The van der Waals surface area contributed by atoms with Gasteiger partial charge in [0.25, 0.3) is 5.91 Å². The third-order valence-corrected chi connectivity index (χ3v) is 5.41. The number of rotatable bonds is 4. The van der Waals surface area contributed by atoms with Crippen LogP contribution in [0.15, 0.2) is 5.38 Å². The standard InChI is InChI=1S/C16H24N4O3S.ClH/c17-5-4-14-18-12(11-24-14)15(21)20-6-2-1-3-13(20)16(22)19-7-9-23-10-8-19;/h11,13H,1-10,17H2;1H. The van der Waals surface area contributed by atoms with Crippen LogP contribution >= 0.6 is 23.7 Å². The molecule has 1 unspecified atom stereocenters. The van der Waals surface area contributed by atoms with E-state index in [1.165, 1.54) is 11.3 Å². The Balaban J connectivity index is 0.00000225. The van der Waals surface area contributed by atoms with Crippen molar-refractivity contribution in [3.8, 4) is 0 Å². The first-order valence-corrected chi connectivity index (χ1v) is 9.40. The Morgan fingerprint density at radius 2 is 2.04 bits per heavy atom. The summed E-state index contributed by atoms with van der Waals surface area (Å²) in [5.74, 6) is -0.0930. The number of piperidine rings is 1. The highest BCUT2D eigenvalue weighted by Crippen LogP contribution is 2.23. The number of carbonyl (C=O) groups excluding carboxylic acids is 2. The Morgan fingerprint density at radius 1 is 1.28 bits per heavy atom. The Labute approximate surface area is 157 Å². The zero-order valence-electron chi connectivity index (χ0n) is 14.2. The number of morpholine rings is 1. The normalized spacial score (nSPS) is 20.9. The number of ether oxygens (including phenoxy) is 1. The van der Waals surface area contributed by atoms with E-state index in [2.05, 4.69) is 4.98 Å². The Hall–Kier alpha value is -1.22. The molecule has 0 aliphatic carbocycles. The Bertz CT molecular complexity index is 592. The molecule has 9 heteroatoms. The summed E-state index contributed by atoms with van der Waals surface area (Å²) >= 11 is 1.45. The van der Waals surface area contributed by atoms with Gasteiger partial charge in [0.15, 0.2) is 0 Å². The van der Waals surface area contributed by atoms with Crippen LogP contribution in [0.2, 0.25) is 0 Å². The van der Waals surface area contributed by atoms with Crippen LogP contribution in [0.3, 0.4) is 0 Å². The van der Waals surface area contributed by atoms with Crippen molar-refractivity contribution in [3.63, 3.8) is 0 Å². The van der Waals surface area contributed by atoms with Gasteiger partial charge < -0.3 is 20.3 Å². The molecule has 1 aromatic heterocycles. The lowest BCUT2D eigenvalue weighted by atomic mass is 10.00. The van der Waals surface area contributed by atoms with Crippen molar-refractivity contribution >= 4 is 35.6 Å². The van der Waals surface area contributed by atoms with Gasteiger partial charge >= 0.3 is 0 Å². The van der Waals surface area contributed by atoms with Crippen LogP contribution in [0.25, 0.3) is 0 Å². The molecule has 25 heavy (non-hydrogen) atoms. The highest BCUT2D eigenvalue weighted by molar-refractivity contribution is 7.09. The first-order valence-electron chi connectivity index (χ1n) is 8.52. The molecule has 1 atom stereocenters. The van der Waals surface area contributed by atoms with Crippen LogP contribution < -0.4 is 5.73 Å². The van der Waals surface area contributed by atoms with Gasteiger partial charge in [-0.2, -0.15) is 0 Å². The van der Waals surface area contributed by atoms with Gasteiger partial charge in [0.1, 0.15) is 11.7 Å². The molecule has 140 valence electrons. The smallest absolute Gasteiger partial charge is 0.274 e. The maximum atomic E-state index is 12.9. The maximum absolute atomic E-state index is 12.9. The van der Waals surface area contributed by atoms with E-state index in [1.807, 2.05) is 4.90 Å². The van der Waals surface area contributed by atoms with Gasteiger partial charge in [0.2, 0.25) is 5.91 Å². The molecule has 2 aliphatic rings. The number of likely N-dealkylation sites (tertiary alicyclic amines) is 1. The lowest BCUT2D eigenvalue weighted by Gasteiger charge is -2.38. The molecular formula is C16H25ClN4O3S. The van der Waals surface area contributed by atoms with Crippen molar-refractivity contribution in [2.24, 2.45) is 5.73 Å². The maximum Gasteiger partial charge on any atom is 0.274 e. The van der Waals surface area contributed by atoms with Gasteiger partial charge in [0.05, 0.1) is 18.2 Å². The summed E-state index contributed by atoms with van der Waals surface area (Å²) in [5, 5.41) is 2.65. The van der Waals surface area contributed by atoms with Crippen LogP contribution in [0.1, 0.15) is 34.8 Å².